The van der Waals surface area contributed by atoms with Gasteiger partial charge in [0.05, 0.1) is 7.11 Å². The fraction of sp³-hybridized carbons (Fsp3) is 0.500. The standard InChI is InChI=1S/C12H19N3O2/c1-8(2)6-15-11(12(13)16)9-4-5-10(17-3)14-7-9/h4-5,7-8,11,15H,6H2,1-3H3,(H2,13,16). The molecule has 0 radical (unpaired) electrons. The Morgan fingerprint density at radius 2 is 2.24 bits per heavy atom. The monoisotopic (exact) mass is 237 g/mol. The van der Waals surface area contributed by atoms with E-state index in [0.717, 1.165) is 12.1 Å². The summed E-state index contributed by atoms with van der Waals surface area (Å²) in [5.41, 5.74) is 6.11. The zero-order chi connectivity index (χ0) is 12.8. The van der Waals surface area contributed by atoms with Crippen LogP contribution in [0.1, 0.15) is 25.5 Å². The minimum atomic E-state index is -0.504. The lowest BCUT2D eigenvalue weighted by Crippen LogP contribution is -2.35. The molecule has 0 aliphatic rings. The highest BCUT2D eigenvalue weighted by Crippen LogP contribution is 2.14. The van der Waals surface area contributed by atoms with E-state index in [-0.39, 0.29) is 0 Å². The molecule has 0 spiro atoms. The highest BCUT2D eigenvalue weighted by atomic mass is 16.5. The molecule has 0 aromatic carbocycles. The number of methoxy groups -OCH3 is 1. The number of carbonyl (C=O) groups is 1. The number of carbonyl (C=O) groups excluding carboxylic acids is 1. The summed E-state index contributed by atoms with van der Waals surface area (Å²) in [5, 5.41) is 3.12. The van der Waals surface area contributed by atoms with Gasteiger partial charge in [-0.25, -0.2) is 4.98 Å². The highest BCUT2D eigenvalue weighted by Gasteiger charge is 2.17. The number of pyridine rings is 1. The highest BCUT2D eigenvalue weighted by molar-refractivity contribution is 5.81. The summed E-state index contributed by atoms with van der Waals surface area (Å²) < 4.78 is 4.96. The van der Waals surface area contributed by atoms with Gasteiger partial charge >= 0.3 is 0 Å². The number of rotatable bonds is 6. The van der Waals surface area contributed by atoms with Crippen LogP contribution in [-0.4, -0.2) is 24.5 Å². The second-order valence-corrected chi connectivity index (χ2v) is 4.27. The van der Waals surface area contributed by atoms with Gasteiger partial charge in [0.15, 0.2) is 0 Å². The lowest BCUT2D eigenvalue weighted by Gasteiger charge is -2.17. The lowest BCUT2D eigenvalue weighted by atomic mass is 10.1. The Kier molecular flexibility index (Phi) is 4.90. The van der Waals surface area contributed by atoms with Crippen LogP contribution in [0.4, 0.5) is 0 Å². The minimum Gasteiger partial charge on any atom is -0.481 e. The number of nitrogens with two attached hydrogens (primary N) is 1. The summed E-state index contributed by atoms with van der Waals surface area (Å²) in [7, 11) is 1.55. The predicted molar refractivity (Wildman–Crippen MR) is 65.6 cm³/mol. The van der Waals surface area contributed by atoms with Crippen molar-refractivity contribution in [3.63, 3.8) is 0 Å². The molecule has 0 aliphatic heterocycles. The van der Waals surface area contributed by atoms with E-state index >= 15 is 0 Å². The molecule has 0 saturated heterocycles. The summed E-state index contributed by atoms with van der Waals surface area (Å²) in [4.78, 5) is 15.4. The molecule has 3 N–H and O–H groups in total. The van der Waals surface area contributed by atoms with Crippen molar-refractivity contribution in [3.8, 4) is 5.88 Å². The average Bonchev–Trinajstić information content (AvgIpc) is 2.29. The maximum atomic E-state index is 11.4. The zero-order valence-corrected chi connectivity index (χ0v) is 10.4. The molecule has 17 heavy (non-hydrogen) atoms. The third kappa shape index (κ3) is 4.03. The van der Waals surface area contributed by atoms with Gasteiger partial charge in [0.2, 0.25) is 11.8 Å². The zero-order valence-electron chi connectivity index (χ0n) is 10.4. The molecule has 5 heteroatoms. The predicted octanol–water partition coefficient (Wildman–Crippen LogP) is 0.862. The molecule has 1 aromatic heterocycles. The molecule has 1 atom stereocenters. The van der Waals surface area contributed by atoms with E-state index in [1.165, 1.54) is 0 Å². The van der Waals surface area contributed by atoms with Crippen LogP contribution in [0.25, 0.3) is 0 Å². The van der Waals surface area contributed by atoms with Gasteiger partial charge in [0.25, 0.3) is 0 Å². The Morgan fingerprint density at radius 1 is 1.53 bits per heavy atom. The van der Waals surface area contributed by atoms with Gasteiger partial charge in [-0.1, -0.05) is 19.9 Å². The molecule has 0 aliphatic carbocycles. The molecule has 1 amide bonds. The van der Waals surface area contributed by atoms with Gasteiger partial charge in [-0.2, -0.15) is 0 Å². The number of aromatic nitrogens is 1. The number of nitrogens with one attached hydrogen (secondary N) is 1. The topological polar surface area (TPSA) is 77.2 Å². The van der Waals surface area contributed by atoms with Gasteiger partial charge in [-0.15, -0.1) is 0 Å². The van der Waals surface area contributed by atoms with Crippen molar-refractivity contribution >= 4 is 5.91 Å². The molecular weight excluding hydrogens is 218 g/mol. The number of primary amides is 1. The van der Waals surface area contributed by atoms with Gasteiger partial charge in [-0.05, 0) is 18.0 Å². The van der Waals surface area contributed by atoms with Crippen LogP contribution in [0, 0.1) is 5.92 Å². The van der Waals surface area contributed by atoms with Crippen LogP contribution in [0.5, 0.6) is 5.88 Å². The van der Waals surface area contributed by atoms with Gasteiger partial charge in [0, 0.05) is 12.3 Å². The molecule has 0 saturated carbocycles. The fourth-order valence-corrected chi connectivity index (χ4v) is 1.42. The quantitative estimate of drug-likeness (QED) is 0.769. The molecule has 0 bridgehead atoms. The number of ether oxygens (including phenoxy) is 1. The summed E-state index contributed by atoms with van der Waals surface area (Å²) in [6, 6.07) is 2.99. The van der Waals surface area contributed by atoms with E-state index in [1.807, 2.05) is 0 Å². The summed E-state index contributed by atoms with van der Waals surface area (Å²) in [5.74, 6) is 0.557. The van der Waals surface area contributed by atoms with E-state index in [1.54, 1.807) is 25.4 Å². The summed E-state index contributed by atoms with van der Waals surface area (Å²) in [6.07, 6.45) is 1.60. The molecule has 94 valence electrons. The van der Waals surface area contributed by atoms with Crippen LogP contribution < -0.4 is 15.8 Å². The Labute approximate surface area is 101 Å². The molecule has 1 aromatic rings. The number of hydrogen-bond acceptors (Lipinski definition) is 4. The molecule has 1 rings (SSSR count). The second-order valence-electron chi connectivity index (χ2n) is 4.27. The summed E-state index contributed by atoms with van der Waals surface area (Å²) >= 11 is 0. The largest absolute Gasteiger partial charge is 0.481 e. The van der Waals surface area contributed by atoms with Crippen molar-refractivity contribution in [2.45, 2.75) is 19.9 Å². The first kappa shape index (κ1) is 13.4. The Balaban J connectivity index is 2.78. The van der Waals surface area contributed by atoms with Crippen molar-refractivity contribution in [3.05, 3.63) is 23.9 Å². The van der Waals surface area contributed by atoms with E-state index < -0.39 is 11.9 Å². The van der Waals surface area contributed by atoms with Crippen molar-refractivity contribution in [2.75, 3.05) is 13.7 Å². The van der Waals surface area contributed by atoms with E-state index in [0.29, 0.717) is 11.8 Å². The fourth-order valence-electron chi connectivity index (χ4n) is 1.42. The second kappa shape index (κ2) is 6.20. The first-order chi connectivity index (χ1) is 8.04. The van der Waals surface area contributed by atoms with Crippen LogP contribution in [0.15, 0.2) is 18.3 Å². The maximum absolute atomic E-state index is 11.4. The minimum absolute atomic E-state index is 0.405. The molecular formula is C12H19N3O2. The number of nitrogens with zero attached hydrogens (tertiary/aromatic N) is 1. The van der Waals surface area contributed by atoms with Gasteiger partial charge in [-0.3, -0.25) is 4.79 Å². The third-order valence-corrected chi connectivity index (χ3v) is 2.32. The van der Waals surface area contributed by atoms with E-state index in [4.69, 9.17) is 10.5 Å². The first-order valence-corrected chi connectivity index (χ1v) is 5.57. The average molecular weight is 237 g/mol. The van der Waals surface area contributed by atoms with Crippen LogP contribution >= 0.6 is 0 Å². The van der Waals surface area contributed by atoms with Crippen molar-refractivity contribution in [1.82, 2.24) is 10.3 Å². The Hall–Kier alpha value is -1.62. The van der Waals surface area contributed by atoms with Crippen molar-refractivity contribution in [2.24, 2.45) is 11.7 Å². The Bertz CT molecular complexity index is 363. The first-order valence-electron chi connectivity index (χ1n) is 5.57. The molecule has 5 nitrogen and oxygen atoms in total. The van der Waals surface area contributed by atoms with E-state index in [2.05, 4.69) is 24.1 Å². The molecule has 0 fully saturated rings. The SMILES string of the molecule is COc1ccc(C(NCC(C)C)C(N)=O)cn1. The molecule has 1 unspecified atom stereocenters. The summed E-state index contributed by atoms with van der Waals surface area (Å²) in [6.45, 7) is 4.86. The van der Waals surface area contributed by atoms with Crippen LogP contribution in [-0.2, 0) is 4.79 Å². The smallest absolute Gasteiger partial charge is 0.239 e. The van der Waals surface area contributed by atoms with Gasteiger partial charge < -0.3 is 15.8 Å². The third-order valence-electron chi connectivity index (χ3n) is 2.32. The molecule has 1 heterocycles. The van der Waals surface area contributed by atoms with Crippen molar-refractivity contribution in [1.29, 1.82) is 0 Å². The number of hydrogen-bond donors (Lipinski definition) is 2. The van der Waals surface area contributed by atoms with Crippen LogP contribution in [0.2, 0.25) is 0 Å². The Morgan fingerprint density at radius 3 is 2.65 bits per heavy atom. The lowest BCUT2D eigenvalue weighted by molar-refractivity contribution is -0.120. The van der Waals surface area contributed by atoms with Gasteiger partial charge in [0.1, 0.15) is 6.04 Å². The normalized spacial score (nSPS) is 12.5. The van der Waals surface area contributed by atoms with Crippen LogP contribution in [0.3, 0.4) is 0 Å². The number of amides is 1. The van der Waals surface area contributed by atoms with E-state index in [9.17, 15) is 4.79 Å². The van der Waals surface area contributed by atoms with Crippen molar-refractivity contribution < 1.29 is 9.53 Å². The maximum Gasteiger partial charge on any atom is 0.239 e.